The number of benzene rings is 1. The number of rotatable bonds is 5. The van der Waals surface area contributed by atoms with Crippen molar-refractivity contribution in [1.82, 2.24) is 4.57 Å². The molecule has 3 rings (SSSR count). The molecule has 0 N–H and O–H groups in total. The number of ether oxygens (including phenoxy) is 4. The summed E-state index contributed by atoms with van der Waals surface area (Å²) in [6.45, 7) is 1.67. The maximum atomic E-state index is 12.6. The van der Waals surface area contributed by atoms with Crippen molar-refractivity contribution in [3.63, 3.8) is 0 Å². The van der Waals surface area contributed by atoms with Gasteiger partial charge in [0, 0.05) is 24.0 Å². The van der Waals surface area contributed by atoms with E-state index in [0.717, 1.165) is 0 Å². The zero-order valence-electron chi connectivity index (χ0n) is 16.1. The van der Waals surface area contributed by atoms with Gasteiger partial charge in [-0.1, -0.05) is 6.07 Å². The Morgan fingerprint density at radius 3 is 2.46 bits per heavy atom. The number of hydrogen-bond acceptors (Lipinski definition) is 6. The standard InChI is InChI=1S/C21H20N2O5/c1-13-18(21(24)27-4)19(15-8-7-14(25-2)11-17(15)26-3)16(12-22)20(28-13)23-9-5-6-10-23/h5-11,19H,1-4H3. The van der Waals surface area contributed by atoms with E-state index in [4.69, 9.17) is 18.9 Å². The van der Waals surface area contributed by atoms with E-state index in [2.05, 4.69) is 6.07 Å². The van der Waals surface area contributed by atoms with Crippen LogP contribution in [0, 0.1) is 11.3 Å². The van der Waals surface area contributed by atoms with Gasteiger partial charge >= 0.3 is 5.97 Å². The molecule has 2 heterocycles. The summed E-state index contributed by atoms with van der Waals surface area (Å²) in [4.78, 5) is 12.6. The first-order chi connectivity index (χ1) is 13.5. The van der Waals surface area contributed by atoms with Crippen molar-refractivity contribution in [2.45, 2.75) is 12.8 Å². The fourth-order valence-corrected chi connectivity index (χ4v) is 3.24. The summed E-state index contributed by atoms with van der Waals surface area (Å²) in [6, 6.07) is 11.1. The van der Waals surface area contributed by atoms with Gasteiger partial charge in [-0.2, -0.15) is 5.26 Å². The summed E-state index contributed by atoms with van der Waals surface area (Å²) in [5.74, 6) is 0.489. The molecule has 1 atom stereocenters. The summed E-state index contributed by atoms with van der Waals surface area (Å²) in [5, 5.41) is 9.97. The van der Waals surface area contributed by atoms with Gasteiger partial charge in [0.1, 0.15) is 28.9 Å². The third kappa shape index (κ3) is 3.21. The number of aromatic nitrogens is 1. The fourth-order valence-electron chi connectivity index (χ4n) is 3.24. The van der Waals surface area contributed by atoms with Gasteiger partial charge < -0.3 is 18.9 Å². The van der Waals surface area contributed by atoms with Gasteiger partial charge in [-0.05, 0) is 25.1 Å². The maximum absolute atomic E-state index is 12.6. The van der Waals surface area contributed by atoms with Crippen LogP contribution >= 0.6 is 0 Å². The molecular weight excluding hydrogens is 360 g/mol. The summed E-state index contributed by atoms with van der Waals surface area (Å²) in [5.41, 5.74) is 1.15. The second-order valence-electron chi connectivity index (χ2n) is 6.03. The number of nitriles is 1. The number of esters is 1. The molecule has 0 saturated carbocycles. The molecule has 0 spiro atoms. The largest absolute Gasteiger partial charge is 0.497 e. The number of nitrogens with zero attached hydrogens (tertiary/aromatic N) is 2. The number of carbonyl (C=O) groups excluding carboxylic acids is 1. The van der Waals surface area contributed by atoms with Gasteiger partial charge in [-0.15, -0.1) is 0 Å². The molecule has 28 heavy (non-hydrogen) atoms. The average Bonchev–Trinajstić information content (AvgIpc) is 3.26. The molecular formula is C21H20N2O5. The minimum atomic E-state index is -0.718. The Bertz CT molecular complexity index is 996. The molecule has 0 radical (unpaired) electrons. The van der Waals surface area contributed by atoms with Crippen molar-refractivity contribution in [3.8, 4) is 17.6 Å². The molecule has 7 heteroatoms. The third-order valence-corrected chi connectivity index (χ3v) is 4.55. The molecule has 0 fully saturated rings. The van der Waals surface area contributed by atoms with E-state index in [0.29, 0.717) is 28.7 Å². The molecule has 0 saturated heterocycles. The second kappa shape index (κ2) is 7.92. The smallest absolute Gasteiger partial charge is 0.338 e. The zero-order chi connectivity index (χ0) is 20.3. The van der Waals surface area contributed by atoms with Crippen molar-refractivity contribution in [2.24, 2.45) is 0 Å². The lowest BCUT2D eigenvalue weighted by molar-refractivity contribution is -0.136. The Morgan fingerprint density at radius 2 is 1.89 bits per heavy atom. The molecule has 2 aromatic rings. The van der Waals surface area contributed by atoms with Crippen molar-refractivity contribution < 1.29 is 23.7 Å². The van der Waals surface area contributed by atoms with Crippen molar-refractivity contribution >= 4 is 11.9 Å². The Labute approximate surface area is 163 Å². The van der Waals surface area contributed by atoms with Crippen LogP contribution in [-0.4, -0.2) is 31.9 Å². The van der Waals surface area contributed by atoms with E-state index in [1.54, 1.807) is 49.2 Å². The Hall–Kier alpha value is -3.66. The minimum absolute atomic E-state index is 0.249. The van der Waals surface area contributed by atoms with Crippen LogP contribution in [0.25, 0.3) is 5.88 Å². The molecule has 1 aliphatic heterocycles. The van der Waals surface area contributed by atoms with Gasteiger partial charge in [-0.25, -0.2) is 4.79 Å². The molecule has 1 aromatic heterocycles. The van der Waals surface area contributed by atoms with Gasteiger partial charge in [-0.3, -0.25) is 4.57 Å². The second-order valence-corrected chi connectivity index (χ2v) is 6.03. The highest BCUT2D eigenvalue weighted by Crippen LogP contribution is 2.45. The monoisotopic (exact) mass is 380 g/mol. The predicted octanol–water partition coefficient (Wildman–Crippen LogP) is 3.46. The number of methoxy groups -OCH3 is 3. The van der Waals surface area contributed by atoms with Crippen LogP contribution in [0.3, 0.4) is 0 Å². The van der Waals surface area contributed by atoms with Crippen LogP contribution in [-0.2, 0) is 14.3 Å². The van der Waals surface area contributed by atoms with E-state index in [1.807, 2.05) is 12.1 Å². The van der Waals surface area contributed by atoms with E-state index >= 15 is 0 Å². The van der Waals surface area contributed by atoms with Crippen molar-refractivity contribution in [3.05, 3.63) is 65.2 Å². The number of hydrogen-bond donors (Lipinski definition) is 0. The maximum Gasteiger partial charge on any atom is 0.338 e. The zero-order valence-corrected chi connectivity index (χ0v) is 16.1. The normalized spacial score (nSPS) is 16.3. The van der Waals surface area contributed by atoms with Crippen molar-refractivity contribution in [2.75, 3.05) is 21.3 Å². The molecule has 7 nitrogen and oxygen atoms in total. The molecule has 0 bridgehead atoms. The van der Waals surface area contributed by atoms with Crippen LogP contribution in [0.4, 0.5) is 0 Å². The SMILES string of the molecule is COC(=O)C1=C(C)OC(n2cccc2)=C(C#N)C1c1ccc(OC)cc1OC. The number of allylic oxidation sites excluding steroid dienone is 2. The van der Waals surface area contributed by atoms with E-state index in [-0.39, 0.29) is 11.1 Å². The van der Waals surface area contributed by atoms with Gasteiger partial charge in [0.25, 0.3) is 0 Å². The van der Waals surface area contributed by atoms with Crippen LogP contribution in [0.1, 0.15) is 18.4 Å². The minimum Gasteiger partial charge on any atom is -0.497 e. The molecule has 0 aliphatic carbocycles. The quantitative estimate of drug-likeness (QED) is 0.739. The highest BCUT2D eigenvalue weighted by Gasteiger charge is 2.38. The molecule has 144 valence electrons. The average molecular weight is 380 g/mol. The van der Waals surface area contributed by atoms with Crippen LogP contribution < -0.4 is 9.47 Å². The van der Waals surface area contributed by atoms with Crippen LogP contribution in [0.2, 0.25) is 0 Å². The predicted molar refractivity (Wildman–Crippen MR) is 101 cm³/mol. The Kier molecular flexibility index (Phi) is 5.41. The molecule has 1 aliphatic rings. The lowest BCUT2D eigenvalue weighted by Crippen LogP contribution is -2.24. The first-order valence-electron chi connectivity index (χ1n) is 8.52. The van der Waals surface area contributed by atoms with Gasteiger partial charge in [0.05, 0.1) is 32.8 Å². The molecule has 0 amide bonds. The summed E-state index contributed by atoms with van der Waals surface area (Å²) in [6.07, 6.45) is 3.54. The van der Waals surface area contributed by atoms with Crippen LogP contribution in [0.5, 0.6) is 11.5 Å². The summed E-state index contributed by atoms with van der Waals surface area (Å²) in [7, 11) is 4.37. The number of carbonyl (C=O) groups is 1. The first kappa shape index (κ1) is 19.1. The third-order valence-electron chi connectivity index (χ3n) is 4.55. The Balaban J connectivity index is 2.29. The highest BCUT2D eigenvalue weighted by atomic mass is 16.5. The highest BCUT2D eigenvalue weighted by molar-refractivity contribution is 5.93. The van der Waals surface area contributed by atoms with Gasteiger partial charge in [0.2, 0.25) is 5.88 Å². The lowest BCUT2D eigenvalue weighted by Gasteiger charge is -2.29. The first-order valence-corrected chi connectivity index (χ1v) is 8.52. The van der Waals surface area contributed by atoms with E-state index in [9.17, 15) is 10.1 Å². The summed E-state index contributed by atoms with van der Waals surface area (Å²) < 4.78 is 23.3. The van der Waals surface area contributed by atoms with Crippen molar-refractivity contribution in [1.29, 1.82) is 5.26 Å². The Morgan fingerprint density at radius 1 is 1.18 bits per heavy atom. The van der Waals surface area contributed by atoms with E-state index < -0.39 is 11.9 Å². The molecule has 1 unspecified atom stereocenters. The molecule has 1 aromatic carbocycles. The van der Waals surface area contributed by atoms with E-state index in [1.165, 1.54) is 14.2 Å². The topological polar surface area (TPSA) is 82.7 Å². The lowest BCUT2D eigenvalue weighted by atomic mass is 9.82. The summed E-state index contributed by atoms with van der Waals surface area (Å²) >= 11 is 0. The van der Waals surface area contributed by atoms with Crippen LogP contribution in [0.15, 0.2) is 59.6 Å². The fraction of sp³-hybridized carbons (Fsp3) is 0.238. The van der Waals surface area contributed by atoms with Gasteiger partial charge in [0.15, 0.2) is 0 Å².